The third-order valence-corrected chi connectivity index (χ3v) is 12.1. The summed E-state index contributed by atoms with van der Waals surface area (Å²) in [5.41, 5.74) is 4.25. The highest BCUT2D eigenvalue weighted by Gasteiger charge is 2.38. The van der Waals surface area contributed by atoms with Crippen molar-refractivity contribution >= 4 is 129 Å². The van der Waals surface area contributed by atoms with Crippen molar-refractivity contribution in [3.05, 3.63) is 71.3 Å². The molecule has 0 aliphatic heterocycles. The van der Waals surface area contributed by atoms with Crippen LogP contribution >= 0.6 is 0 Å². The molecule has 0 amide bonds. The zero-order valence-corrected chi connectivity index (χ0v) is 21.0. The Bertz CT molecular complexity index is 3380. The average Bonchev–Trinajstić information content (AvgIpc) is 3.79. The molecular weight excluding hydrogens is 480 g/mol. The lowest BCUT2D eigenvalue weighted by Gasteiger charge is -2.12. The molecule has 40 heavy (non-hydrogen) atoms. The van der Waals surface area contributed by atoms with Gasteiger partial charge in [-0.3, -0.25) is 0 Å². The average molecular weight is 493 g/mol. The van der Waals surface area contributed by atoms with Crippen LogP contribution in [0.25, 0.3) is 129 Å². The van der Waals surface area contributed by atoms with Gasteiger partial charge in [0.05, 0.1) is 5.92 Å². The first kappa shape index (κ1) is 16.8. The van der Waals surface area contributed by atoms with Crippen LogP contribution in [0.2, 0.25) is 0 Å². The highest BCUT2D eigenvalue weighted by atomic mass is 14.4. The number of hydrogen-bond donors (Lipinski definition) is 0. The predicted molar refractivity (Wildman–Crippen MR) is 171 cm³/mol. The van der Waals surface area contributed by atoms with Gasteiger partial charge in [-0.1, -0.05) is 60.4 Å². The second-order valence-corrected chi connectivity index (χ2v) is 13.2. The smallest absolute Gasteiger partial charge is 0.0503 e. The van der Waals surface area contributed by atoms with Gasteiger partial charge in [-0.25, -0.2) is 0 Å². The highest BCUT2D eigenvalue weighted by molar-refractivity contribution is 6.65. The van der Waals surface area contributed by atoms with E-state index in [1.165, 1.54) is 108 Å². The molecule has 13 aromatic rings. The summed E-state index contributed by atoms with van der Waals surface area (Å²) < 4.78 is 0. The van der Waals surface area contributed by atoms with Crippen molar-refractivity contribution in [1.82, 2.24) is 0 Å². The maximum atomic E-state index is 3.82. The quantitative estimate of drug-likeness (QED) is 0.146. The Morgan fingerprint density at radius 2 is 0.850 bits per heavy atom. The van der Waals surface area contributed by atoms with Crippen molar-refractivity contribution in [1.29, 1.82) is 0 Å². The van der Waals surface area contributed by atoms with Gasteiger partial charge >= 0.3 is 0 Å². The van der Waals surface area contributed by atoms with E-state index in [1.54, 1.807) is 37.9 Å². The fourth-order valence-corrected chi connectivity index (χ4v) is 11.1. The Morgan fingerprint density at radius 3 is 1.50 bits per heavy atom. The molecule has 0 heteroatoms. The van der Waals surface area contributed by atoms with Crippen molar-refractivity contribution in [3.8, 4) is 11.8 Å². The first-order valence-corrected chi connectivity index (χ1v) is 14.6. The Morgan fingerprint density at radius 1 is 0.400 bits per heavy atom. The summed E-state index contributed by atoms with van der Waals surface area (Å²) in [6.45, 7) is 0. The molecule has 4 bridgehead atoms. The topological polar surface area (TPSA) is 0 Å². The normalized spacial score (nSPS) is 17.6. The lowest BCUT2D eigenvalue weighted by atomic mass is 9.90. The molecular formula is C40H12. The first-order valence-electron chi connectivity index (χ1n) is 14.6. The van der Waals surface area contributed by atoms with Gasteiger partial charge in [0.15, 0.2) is 0 Å². The van der Waals surface area contributed by atoms with E-state index < -0.39 is 0 Å². The molecule has 13 aromatic carbocycles. The molecule has 0 fully saturated rings. The van der Waals surface area contributed by atoms with Gasteiger partial charge in [-0.2, -0.15) is 0 Å². The van der Waals surface area contributed by atoms with E-state index in [0.29, 0.717) is 0 Å². The van der Waals surface area contributed by atoms with Crippen LogP contribution in [-0.2, 0) is 6.42 Å². The van der Waals surface area contributed by atoms with E-state index in [2.05, 4.69) is 66.4 Å². The molecule has 2 aliphatic rings. The van der Waals surface area contributed by atoms with Gasteiger partial charge < -0.3 is 0 Å². The van der Waals surface area contributed by atoms with Crippen LogP contribution in [-0.4, -0.2) is 0 Å². The Hall–Kier alpha value is -5.12. The molecule has 1 atom stereocenters. The van der Waals surface area contributed by atoms with Crippen LogP contribution < -0.4 is 0 Å². The van der Waals surface area contributed by atoms with E-state index >= 15 is 0 Å². The first-order chi connectivity index (χ1) is 19.9. The van der Waals surface area contributed by atoms with Crippen LogP contribution in [0.1, 0.15) is 22.6 Å². The van der Waals surface area contributed by atoms with E-state index in [0.717, 1.165) is 6.42 Å². The Kier molecular flexibility index (Phi) is 1.86. The molecule has 1 unspecified atom stereocenters. The number of hydrogen-bond acceptors (Lipinski definition) is 0. The monoisotopic (exact) mass is 492 g/mol. The van der Waals surface area contributed by atoms with Gasteiger partial charge in [0.1, 0.15) is 0 Å². The second-order valence-electron chi connectivity index (χ2n) is 13.2. The summed E-state index contributed by atoms with van der Waals surface area (Å²) in [4.78, 5) is 0. The van der Waals surface area contributed by atoms with Crippen LogP contribution in [0.4, 0.5) is 0 Å². The fraction of sp³-hybridized carbons (Fsp3) is 0.0500. The van der Waals surface area contributed by atoms with Gasteiger partial charge in [0.25, 0.3) is 0 Å². The van der Waals surface area contributed by atoms with Crippen molar-refractivity contribution in [3.63, 3.8) is 0 Å². The van der Waals surface area contributed by atoms with Crippen LogP contribution in [0.5, 0.6) is 0 Å². The van der Waals surface area contributed by atoms with E-state index in [4.69, 9.17) is 0 Å². The number of benzene rings is 8. The third-order valence-electron chi connectivity index (χ3n) is 12.1. The minimum atomic E-state index is 0.260. The van der Waals surface area contributed by atoms with Gasteiger partial charge in [-0.05, 0) is 153 Å². The maximum absolute atomic E-state index is 3.82. The molecule has 15 rings (SSSR count). The number of rotatable bonds is 0. The van der Waals surface area contributed by atoms with Gasteiger partial charge in [0, 0.05) is 5.56 Å². The molecule has 0 saturated carbocycles. The summed E-state index contributed by atoms with van der Waals surface area (Å²) in [5.74, 6) is 7.83. The maximum Gasteiger partial charge on any atom is 0.0503 e. The molecule has 0 nitrogen and oxygen atoms in total. The zero-order valence-electron chi connectivity index (χ0n) is 21.0. The molecule has 0 spiro atoms. The van der Waals surface area contributed by atoms with Crippen molar-refractivity contribution in [2.45, 2.75) is 12.3 Å². The Labute approximate surface area is 224 Å². The van der Waals surface area contributed by atoms with Gasteiger partial charge in [0.2, 0.25) is 0 Å². The molecule has 172 valence electrons. The lowest BCUT2D eigenvalue weighted by Crippen LogP contribution is -1.92. The van der Waals surface area contributed by atoms with Crippen LogP contribution in [0, 0.1) is 11.8 Å². The Balaban J connectivity index is 1.57. The predicted octanol–water partition coefficient (Wildman–Crippen LogP) is 10.5. The fourth-order valence-electron chi connectivity index (χ4n) is 11.1. The van der Waals surface area contributed by atoms with Crippen LogP contribution in [0.3, 0.4) is 0 Å². The zero-order chi connectivity index (χ0) is 24.7. The molecule has 0 aromatic heterocycles. The minimum absolute atomic E-state index is 0.260. The summed E-state index contributed by atoms with van der Waals surface area (Å²) in [6, 6.07) is 21.9. The highest BCUT2D eigenvalue weighted by Crippen LogP contribution is 2.65. The summed E-state index contributed by atoms with van der Waals surface area (Å²) in [5, 5.41) is 35.9. The summed E-state index contributed by atoms with van der Waals surface area (Å²) in [7, 11) is 0. The third kappa shape index (κ3) is 1.19. The van der Waals surface area contributed by atoms with E-state index in [9.17, 15) is 0 Å². The van der Waals surface area contributed by atoms with E-state index in [-0.39, 0.29) is 5.92 Å². The second kappa shape index (κ2) is 4.43. The van der Waals surface area contributed by atoms with Crippen molar-refractivity contribution in [2.24, 2.45) is 0 Å². The molecule has 2 aliphatic carbocycles. The van der Waals surface area contributed by atoms with Crippen LogP contribution in [0.15, 0.2) is 54.6 Å². The van der Waals surface area contributed by atoms with Crippen molar-refractivity contribution in [2.75, 3.05) is 0 Å². The van der Waals surface area contributed by atoms with Gasteiger partial charge in [-0.15, -0.1) is 0 Å². The van der Waals surface area contributed by atoms with E-state index in [1.807, 2.05) is 0 Å². The largest absolute Gasteiger partial charge is 0.0893 e. The SMILES string of the molecule is C1#CC2Cc3c4c2ccc2c5ccc6c7ccc8c9ccc%10c1cc1c%10c9c9c8c7c7c6c5c(c42)c2c3c1c9c27. The molecule has 0 radical (unpaired) electrons. The molecule has 0 heterocycles. The number of fused-ring (bicyclic) bond motifs is 7. The molecule has 0 saturated heterocycles. The summed E-state index contributed by atoms with van der Waals surface area (Å²) in [6.07, 6.45) is 1.03. The molecule has 0 N–H and O–H groups in total. The lowest BCUT2D eigenvalue weighted by molar-refractivity contribution is 0.919. The van der Waals surface area contributed by atoms with Crippen molar-refractivity contribution < 1.29 is 0 Å². The standard InChI is InChI=1S/C40H12/c1-2-14-12-24-26-16(14)4-6-18-20-8-10-22-21-9-7-19-17-5-3-15-13(1)11-23-25(15)27(17)35-29(19)31(21)37-32(22)30(20)36(28(18)26)39-34(24)33(23)38(35)40(37)39/h3-11,14H,12H2. The minimum Gasteiger partial charge on any atom is -0.0893 e. The summed E-state index contributed by atoms with van der Waals surface area (Å²) >= 11 is 0.